The topological polar surface area (TPSA) is 61.7 Å². The third kappa shape index (κ3) is 2.67. The van der Waals surface area contributed by atoms with Crippen molar-refractivity contribution >= 4 is 11.6 Å². The molecular formula is C19H22N2O2. The Balaban J connectivity index is 1.59. The van der Waals surface area contributed by atoms with E-state index in [1.165, 1.54) is 12.8 Å². The number of aliphatic imine (C=N–C) groups is 1. The zero-order chi connectivity index (χ0) is 15.8. The molecule has 4 nitrogen and oxygen atoms in total. The fourth-order valence-electron chi connectivity index (χ4n) is 4.07. The number of carbonyl (C=O) groups is 1. The number of amidine groups is 1. The molecule has 1 aliphatic heterocycles. The van der Waals surface area contributed by atoms with Crippen LogP contribution in [0.25, 0.3) is 0 Å². The fourth-order valence-corrected chi connectivity index (χ4v) is 4.07. The smallest absolute Gasteiger partial charge is 0.170 e. The lowest BCUT2D eigenvalue weighted by molar-refractivity contribution is -0.116. The molecule has 23 heavy (non-hydrogen) atoms. The second-order valence-electron chi connectivity index (χ2n) is 6.84. The lowest BCUT2D eigenvalue weighted by atomic mass is 9.82. The summed E-state index contributed by atoms with van der Waals surface area (Å²) in [5.41, 5.74) is 1.55. The molecule has 0 saturated heterocycles. The second-order valence-corrected chi connectivity index (χ2v) is 6.84. The van der Waals surface area contributed by atoms with Crippen LogP contribution in [0.5, 0.6) is 0 Å². The lowest BCUT2D eigenvalue weighted by Gasteiger charge is -2.25. The van der Waals surface area contributed by atoms with Gasteiger partial charge in [-0.1, -0.05) is 43.2 Å². The van der Waals surface area contributed by atoms with Gasteiger partial charge in [0.1, 0.15) is 11.6 Å². The maximum Gasteiger partial charge on any atom is 0.170 e. The van der Waals surface area contributed by atoms with Gasteiger partial charge in [0.25, 0.3) is 0 Å². The number of hydrogen-bond acceptors (Lipinski definition) is 4. The summed E-state index contributed by atoms with van der Waals surface area (Å²) in [5.74, 6) is 0.903. The van der Waals surface area contributed by atoms with Crippen LogP contribution in [0.15, 0.2) is 46.7 Å². The van der Waals surface area contributed by atoms with Crippen molar-refractivity contribution in [3.63, 3.8) is 0 Å². The van der Waals surface area contributed by atoms with E-state index in [2.05, 4.69) is 5.32 Å². The van der Waals surface area contributed by atoms with Crippen LogP contribution in [0.1, 0.15) is 50.0 Å². The molecule has 120 valence electrons. The van der Waals surface area contributed by atoms with Crippen molar-refractivity contribution in [2.75, 3.05) is 0 Å². The van der Waals surface area contributed by atoms with E-state index in [4.69, 9.17) is 4.99 Å². The summed E-state index contributed by atoms with van der Waals surface area (Å²) >= 11 is 0. The molecule has 1 unspecified atom stereocenters. The zero-order valence-corrected chi connectivity index (χ0v) is 13.2. The molecule has 0 amide bonds. The quantitative estimate of drug-likeness (QED) is 0.881. The minimum Gasteiger partial charge on any atom is -0.511 e. The number of allylic oxidation sites excluding steroid dienone is 1. The average molecular weight is 310 g/mol. The Kier molecular flexibility index (Phi) is 3.68. The van der Waals surface area contributed by atoms with E-state index in [1.807, 2.05) is 30.3 Å². The van der Waals surface area contributed by atoms with Crippen molar-refractivity contribution in [1.82, 2.24) is 5.32 Å². The number of ketones is 1. The van der Waals surface area contributed by atoms with Gasteiger partial charge in [0.05, 0.1) is 11.6 Å². The number of benzene rings is 1. The van der Waals surface area contributed by atoms with Crippen molar-refractivity contribution < 1.29 is 9.90 Å². The average Bonchev–Trinajstić information content (AvgIpc) is 2.98. The number of fused-ring (bicyclic) bond motifs is 1. The summed E-state index contributed by atoms with van der Waals surface area (Å²) in [6.07, 6.45) is 5.56. The van der Waals surface area contributed by atoms with Crippen LogP contribution in [0.2, 0.25) is 0 Å². The Morgan fingerprint density at radius 3 is 2.61 bits per heavy atom. The van der Waals surface area contributed by atoms with Crippen molar-refractivity contribution in [3.05, 3.63) is 47.2 Å². The maximum atomic E-state index is 12.6. The highest BCUT2D eigenvalue weighted by Crippen LogP contribution is 2.35. The Labute approximate surface area is 136 Å². The minimum atomic E-state index is 0.00694. The molecule has 1 aromatic carbocycles. The van der Waals surface area contributed by atoms with Crippen LogP contribution < -0.4 is 5.32 Å². The van der Waals surface area contributed by atoms with Crippen LogP contribution in [0.4, 0.5) is 0 Å². The molecule has 1 fully saturated rings. The number of hydrogen-bond donors (Lipinski definition) is 2. The summed E-state index contributed by atoms with van der Waals surface area (Å²) in [6, 6.07) is 10.6. The van der Waals surface area contributed by atoms with E-state index in [0.29, 0.717) is 30.3 Å². The SMILES string of the molecule is O=C1CC(c2ccccc2)CC(O)=C1C1=N[C@@H]2CCCC[C@H]2N1. The molecule has 3 atom stereocenters. The largest absolute Gasteiger partial charge is 0.511 e. The van der Waals surface area contributed by atoms with Crippen LogP contribution in [-0.2, 0) is 4.79 Å². The van der Waals surface area contributed by atoms with Crippen molar-refractivity contribution in [1.29, 1.82) is 0 Å². The van der Waals surface area contributed by atoms with Crippen molar-refractivity contribution in [2.24, 2.45) is 4.99 Å². The minimum absolute atomic E-state index is 0.00694. The van der Waals surface area contributed by atoms with E-state index in [9.17, 15) is 9.90 Å². The number of carbonyl (C=O) groups excluding carboxylic acids is 1. The fraction of sp³-hybridized carbons (Fsp3) is 0.474. The second kappa shape index (κ2) is 5.84. The van der Waals surface area contributed by atoms with E-state index in [-0.39, 0.29) is 23.5 Å². The number of Topliss-reactive ketones (excluding diaryl/α,β-unsaturated/α-hetero) is 1. The van der Waals surface area contributed by atoms with Crippen molar-refractivity contribution in [3.8, 4) is 0 Å². The molecule has 2 aliphatic carbocycles. The molecule has 0 radical (unpaired) electrons. The molecule has 1 heterocycles. The summed E-state index contributed by atoms with van der Waals surface area (Å²) in [4.78, 5) is 17.3. The van der Waals surface area contributed by atoms with E-state index < -0.39 is 0 Å². The van der Waals surface area contributed by atoms with Gasteiger partial charge >= 0.3 is 0 Å². The molecule has 0 bridgehead atoms. The van der Waals surface area contributed by atoms with Gasteiger partial charge in [-0.25, -0.2) is 0 Å². The number of rotatable bonds is 2. The summed E-state index contributed by atoms with van der Waals surface area (Å²) in [6.45, 7) is 0. The van der Waals surface area contributed by atoms with Gasteiger partial charge < -0.3 is 10.4 Å². The van der Waals surface area contributed by atoms with Gasteiger partial charge in [-0.3, -0.25) is 9.79 Å². The van der Waals surface area contributed by atoms with Gasteiger partial charge in [-0.2, -0.15) is 0 Å². The number of nitrogens with one attached hydrogen (secondary N) is 1. The number of aliphatic hydroxyl groups excluding tert-OH is 1. The van der Waals surface area contributed by atoms with Gasteiger partial charge in [0, 0.05) is 18.9 Å². The summed E-state index contributed by atoms with van der Waals surface area (Å²) in [7, 11) is 0. The van der Waals surface area contributed by atoms with Gasteiger partial charge in [0.15, 0.2) is 5.78 Å². The molecule has 1 aromatic rings. The van der Waals surface area contributed by atoms with Crippen LogP contribution >= 0.6 is 0 Å². The zero-order valence-electron chi connectivity index (χ0n) is 13.2. The maximum absolute atomic E-state index is 12.6. The predicted molar refractivity (Wildman–Crippen MR) is 89.7 cm³/mol. The first-order chi connectivity index (χ1) is 11.2. The summed E-state index contributed by atoms with van der Waals surface area (Å²) in [5, 5.41) is 13.9. The molecular weight excluding hydrogens is 288 g/mol. The third-order valence-electron chi connectivity index (χ3n) is 5.29. The first kappa shape index (κ1) is 14.5. The lowest BCUT2D eigenvalue weighted by Crippen LogP contribution is -2.39. The Morgan fingerprint density at radius 2 is 1.87 bits per heavy atom. The van der Waals surface area contributed by atoms with E-state index in [0.717, 1.165) is 18.4 Å². The van der Waals surface area contributed by atoms with Crippen molar-refractivity contribution in [2.45, 2.75) is 56.5 Å². The molecule has 0 spiro atoms. The van der Waals surface area contributed by atoms with Gasteiger partial charge in [0.2, 0.25) is 0 Å². The Hall–Kier alpha value is -2.10. The molecule has 2 N–H and O–H groups in total. The van der Waals surface area contributed by atoms with Gasteiger partial charge in [-0.15, -0.1) is 0 Å². The predicted octanol–water partition coefficient (Wildman–Crippen LogP) is 3.26. The third-order valence-corrected chi connectivity index (χ3v) is 5.29. The highest BCUT2D eigenvalue weighted by atomic mass is 16.3. The number of nitrogens with zero attached hydrogens (tertiary/aromatic N) is 1. The first-order valence-electron chi connectivity index (χ1n) is 8.57. The highest BCUT2D eigenvalue weighted by molar-refractivity contribution is 6.23. The van der Waals surface area contributed by atoms with E-state index in [1.54, 1.807) is 0 Å². The van der Waals surface area contributed by atoms with Crippen LogP contribution in [-0.4, -0.2) is 28.8 Å². The molecule has 0 aromatic heterocycles. The molecule has 3 aliphatic rings. The monoisotopic (exact) mass is 310 g/mol. The van der Waals surface area contributed by atoms with Gasteiger partial charge in [-0.05, 0) is 24.3 Å². The van der Waals surface area contributed by atoms with Crippen LogP contribution in [0, 0.1) is 0 Å². The highest BCUT2D eigenvalue weighted by Gasteiger charge is 2.37. The standard InChI is InChI=1S/C19H22N2O2/c22-16-10-13(12-6-2-1-3-7-12)11-17(23)18(16)19-20-14-8-4-5-9-15(14)21-19/h1-3,6-7,13-15,22H,4-5,8-11H2,(H,20,21)/t13?,14-,15-/m1/s1. The Morgan fingerprint density at radius 1 is 1.09 bits per heavy atom. The number of aliphatic hydroxyl groups is 1. The molecule has 4 rings (SSSR count). The Bertz CT molecular complexity index is 678. The van der Waals surface area contributed by atoms with E-state index >= 15 is 0 Å². The molecule has 4 heteroatoms. The first-order valence-corrected chi connectivity index (χ1v) is 8.57. The van der Waals surface area contributed by atoms with Crippen LogP contribution in [0.3, 0.4) is 0 Å². The molecule has 1 saturated carbocycles. The normalized spacial score (nSPS) is 30.7. The summed E-state index contributed by atoms with van der Waals surface area (Å²) < 4.78 is 0.